The average Bonchev–Trinajstić information content (AvgIpc) is 3.01. The monoisotopic (exact) mass is 489 g/mol. The van der Waals surface area contributed by atoms with Gasteiger partial charge in [-0.15, -0.1) is 0 Å². The van der Waals surface area contributed by atoms with E-state index in [9.17, 15) is 27.2 Å². The third kappa shape index (κ3) is 5.11. The fourth-order valence-corrected chi connectivity index (χ4v) is 5.22. The van der Waals surface area contributed by atoms with E-state index in [4.69, 9.17) is 0 Å². The van der Waals surface area contributed by atoms with Crippen LogP contribution in [0.15, 0.2) is 53.4 Å². The molecule has 2 atom stereocenters. The van der Waals surface area contributed by atoms with Crippen molar-refractivity contribution in [2.45, 2.75) is 57.1 Å². The Hall–Kier alpha value is -3.27. The number of amides is 3. The minimum atomic E-state index is -4.06. The third-order valence-electron chi connectivity index (χ3n) is 5.91. The average molecular weight is 490 g/mol. The Morgan fingerprint density at radius 1 is 1.09 bits per heavy atom. The van der Waals surface area contributed by atoms with E-state index in [0.717, 1.165) is 0 Å². The fraction of sp³-hybridized carbons (Fsp3) is 0.375. The highest BCUT2D eigenvalue weighted by Gasteiger charge is 2.41. The van der Waals surface area contributed by atoms with Crippen molar-refractivity contribution in [3.8, 4) is 0 Å². The number of carbonyl (C=O) groups is 3. The molecule has 34 heavy (non-hydrogen) atoms. The van der Waals surface area contributed by atoms with Crippen LogP contribution in [0.5, 0.6) is 0 Å². The zero-order chi connectivity index (χ0) is 25.0. The first-order valence-electron chi connectivity index (χ1n) is 11.1. The summed E-state index contributed by atoms with van der Waals surface area (Å²) in [5.41, 5.74) is 0.274. The second kappa shape index (κ2) is 10.3. The predicted octanol–water partition coefficient (Wildman–Crippen LogP) is 2.69. The first-order valence-corrected chi connectivity index (χ1v) is 12.5. The molecule has 8 nitrogen and oxygen atoms in total. The van der Waals surface area contributed by atoms with Gasteiger partial charge in [-0.3, -0.25) is 14.4 Å². The number of carbonyl (C=O) groups excluding carboxylic acids is 3. The van der Waals surface area contributed by atoms with Crippen LogP contribution >= 0.6 is 0 Å². The Balaban J connectivity index is 1.80. The van der Waals surface area contributed by atoms with Crippen molar-refractivity contribution in [3.05, 3.63) is 65.5 Å². The van der Waals surface area contributed by atoms with Gasteiger partial charge in [-0.25, -0.2) is 17.1 Å². The Bertz CT molecular complexity index is 1200. The molecule has 182 valence electrons. The number of hydrogen-bond donors (Lipinski definition) is 1. The van der Waals surface area contributed by atoms with E-state index in [1.165, 1.54) is 48.2 Å². The highest BCUT2D eigenvalue weighted by Crippen LogP contribution is 2.30. The third-order valence-corrected chi connectivity index (χ3v) is 7.75. The molecular weight excluding hydrogens is 461 g/mol. The van der Waals surface area contributed by atoms with Gasteiger partial charge in [0.15, 0.2) is 0 Å². The van der Waals surface area contributed by atoms with E-state index in [-0.39, 0.29) is 41.6 Å². The van der Waals surface area contributed by atoms with Crippen molar-refractivity contribution in [1.82, 2.24) is 14.5 Å². The predicted molar refractivity (Wildman–Crippen MR) is 124 cm³/mol. The van der Waals surface area contributed by atoms with Crippen LogP contribution in [0.25, 0.3) is 0 Å². The number of sulfonamides is 1. The summed E-state index contributed by atoms with van der Waals surface area (Å²) in [5, 5.41) is 2.81. The number of nitrogens with one attached hydrogen (secondary N) is 1. The number of halogens is 1. The lowest BCUT2D eigenvalue weighted by atomic mass is 10.1. The van der Waals surface area contributed by atoms with Gasteiger partial charge in [0.05, 0.1) is 5.56 Å². The van der Waals surface area contributed by atoms with E-state index < -0.39 is 39.6 Å². The summed E-state index contributed by atoms with van der Waals surface area (Å²) in [4.78, 5) is 39.7. The quantitative estimate of drug-likeness (QED) is 0.583. The molecule has 0 unspecified atom stereocenters. The standard InChI is InChI=1S/C24H28FN3O5S/c1-4-16(2)26-23(30)17(3)27(15-18-9-5-7-11-20(18)25)22(29)13-14-28-24(31)19-10-6-8-12-21(19)34(28,32)33/h5-12,16-17H,4,13-15H2,1-3H3,(H,26,30)/t16-,17-/m1/s1. The van der Waals surface area contributed by atoms with Crippen LogP contribution < -0.4 is 5.32 Å². The van der Waals surface area contributed by atoms with Crippen molar-refractivity contribution in [1.29, 1.82) is 0 Å². The Morgan fingerprint density at radius 2 is 1.74 bits per heavy atom. The number of hydrogen-bond acceptors (Lipinski definition) is 5. The second-order valence-corrected chi connectivity index (χ2v) is 10.1. The van der Waals surface area contributed by atoms with Gasteiger partial charge in [0.25, 0.3) is 15.9 Å². The molecule has 1 N–H and O–H groups in total. The van der Waals surface area contributed by atoms with Crippen molar-refractivity contribution in [2.75, 3.05) is 6.54 Å². The van der Waals surface area contributed by atoms with Crippen molar-refractivity contribution in [2.24, 2.45) is 0 Å². The summed E-state index contributed by atoms with van der Waals surface area (Å²) in [6, 6.07) is 10.7. The minimum absolute atomic E-state index is 0.0551. The van der Waals surface area contributed by atoms with E-state index in [0.29, 0.717) is 10.7 Å². The van der Waals surface area contributed by atoms with Gasteiger partial charge in [-0.1, -0.05) is 37.3 Å². The molecule has 0 saturated heterocycles. The van der Waals surface area contributed by atoms with E-state index >= 15 is 0 Å². The largest absolute Gasteiger partial charge is 0.352 e. The molecule has 0 spiro atoms. The molecule has 0 saturated carbocycles. The number of nitrogens with zero attached hydrogens (tertiary/aromatic N) is 2. The van der Waals surface area contributed by atoms with Crippen LogP contribution in [0.3, 0.4) is 0 Å². The van der Waals surface area contributed by atoms with Crippen molar-refractivity contribution < 1.29 is 27.2 Å². The highest BCUT2D eigenvalue weighted by atomic mass is 32.2. The summed E-state index contributed by atoms with van der Waals surface area (Å²) in [7, 11) is -4.06. The maximum absolute atomic E-state index is 14.3. The zero-order valence-corrected chi connectivity index (χ0v) is 20.1. The lowest BCUT2D eigenvalue weighted by Gasteiger charge is -2.30. The normalized spacial score (nSPS) is 16.0. The Labute approximate surface area is 198 Å². The molecule has 0 aromatic heterocycles. The number of fused-ring (bicyclic) bond motifs is 1. The Morgan fingerprint density at radius 3 is 2.38 bits per heavy atom. The van der Waals surface area contributed by atoms with Crippen LogP contribution in [-0.2, 0) is 26.2 Å². The molecular formula is C24H28FN3O5S. The lowest BCUT2D eigenvalue weighted by Crippen LogP contribution is -2.50. The summed E-state index contributed by atoms with van der Waals surface area (Å²) in [5.74, 6) is -2.21. The van der Waals surface area contributed by atoms with Crippen LogP contribution in [0.2, 0.25) is 0 Å². The van der Waals surface area contributed by atoms with Crippen molar-refractivity contribution >= 4 is 27.7 Å². The first-order chi connectivity index (χ1) is 16.1. The molecule has 3 rings (SSSR count). The number of benzene rings is 2. The zero-order valence-electron chi connectivity index (χ0n) is 19.3. The molecule has 0 bridgehead atoms. The maximum Gasteiger partial charge on any atom is 0.269 e. The molecule has 0 aliphatic carbocycles. The van der Waals surface area contributed by atoms with Gasteiger partial charge in [0, 0.05) is 31.1 Å². The van der Waals surface area contributed by atoms with Gasteiger partial charge >= 0.3 is 0 Å². The van der Waals surface area contributed by atoms with Gasteiger partial charge < -0.3 is 10.2 Å². The molecule has 1 heterocycles. The van der Waals surface area contributed by atoms with Gasteiger partial charge in [-0.05, 0) is 38.5 Å². The van der Waals surface area contributed by atoms with Gasteiger partial charge in [-0.2, -0.15) is 0 Å². The second-order valence-electron chi connectivity index (χ2n) is 8.24. The molecule has 3 amide bonds. The molecule has 0 fully saturated rings. The molecule has 10 heteroatoms. The lowest BCUT2D eigenvalue weighted by molar-refractivity contribution is -0.141. The number of rotatable bonds is 9. The molecule has 2 aromatic rings. The van der Waals surface area contributed by atoms with Crippen LogP contribution in [0.4, 0.5) is 4.39 Å². The topological polar surface area (TPSA) is 104 Å². The SMILES string of the molecule is CC[C@@H](C)NC(=O)[C@@H](C)N(Cc1ccccc1F)C(=O)CCN1C(=O)c2ccccc2S1(=O)=O. The highest BCUT2D eigenvalue weighted by molar-refractivity contribution is 7.90. The van der Waals surface area contributed by atoms with Crippen LogP contribution in [0.1, 0.15) is 49.5 Å². The summed E-state index contributed by atoms with van der Waals surface area (Å²) in [6.07, 6.45) is 0.337. The van der Waals surface area contributed by atoms with E-state index in [2.05, 4.69) is 5.32 Å². The smallest absolute Gasteiger partial charge is 0.269 e. The summed E-state index contributed by atoms with van der Waals surface area (Å²) < 4.78 is 40.5. The van der Waals surface area contributed by atoms with Crippen LogP contribution in [-0.4, -0.2) is 54.0 Å². The fourth-order valence-electron chi connectivity index (χ4n) is 3.65. The molecule has 0 radical (unpaired) electrons. The first kappa shape index (κ1) is 25.4. The van der Waals surface area contributed by atoms with Crippen LogP contribution in [0, 0.1) is 5.82 Å². The molecule has 1 aliphatic heterocycles. The summed E-state index contributed by atoms with van der Waals surface area (Å²) >= 11 is 0. The summed E-state index contributed by atoms with van der Waals surface area (Å²) in [6.45, 7) is 4.70. The minimum Gasteiger partial charge on any atom is -0.352 e. The molecule has 2 aromatic carbocycles. The maximum atomic E-state index is 14.3. The van der Waals surface area contributed by atoms with E-state index in [1.54, 1.807) is 12.1 Å². The molecule has 1 aliphatic rings. The van der Waals surface area contributed by atoms with Gasteiger partial charge in [0.1, 0.15) is 16.8 Å². The Kier molecular flexibility index (Phi) is 7.71. The van der Waals surface area contributed by atoms with Crippen molar-refractivity contribution in [3.63, 3.8) is 0 Å². The van der Waals surface area contributed by atoms with Gasteiger partial charge in [0.2, 0.25) is 11.8 Å². The van der Waals surface area contributed by atoms with E-state index in [1.807, 2.05) is 13.8 Å².